The molecule has 3 fully saturated rings. The van der Waals surface area contributed by atoms with Gasteiger partial charge in [-0.3, -0.25) is 0 Å². The van der Waals surface area contributed by atoms with E-state index in [1.807, 2.05) is 0 Å². The van der Waals surface area contributed by atoms with Gasteiger partial charge in [-0.2, -0.15) is 0 Å². The highest BCUT2D eigenvalue weighted by Crippen LogP contribution is 2.52. The summed E-state index contributed by atoms with van der Waals surface area (Å²) >= 11 is 0. The van der Waals surface area contributed by atoms with Crippen molar-refractivity contribution in [2.45, 2.75) is 64.6 Å². The molecule has 4 heteroatoms. The van der Waals surface area contributed by atoms with Crippen LogP contribution in [-0.2, 0) is 4.74 Å². The number of rotatable bonds is 4. The Morgan fingerprint density at radius 1 is 1.37 bits per heavy atom. The lowest BCUT2D eigenvalue weighted by Gasteiger charge is -2.54. The van der Waals surface area contributed by atoms with Gasteiger partial charge in [-0.1, -0.05) is 26.7 Å². The molecule has 0 aromatic rings. The first-order valence-electron chi connectivity index (χ1n) is 7.67. The van der Waals surface area contributed by atoms with Gasteiger partial charge >= 0.3 is 6.03 Å². The Balaban J connectivity index is 1.48. The highest BCUT2D eigenvalue weighted by atomic mass is 16.5. The Bertz CT molecular complexity index is 365. The number of fused-ring (bicyclic) bond motifs is 1. The molecule has 1 aliphatic heterocycles. The zero-order valence-electron chi connectivity index (χ0n) is 12.2. The number of ether oxygens (including phenoxy) is 1. The minimum Gasteiger partial charge on any atom is -0.377 e. The lowest BCUT2D eigenvalue weighted by atomic mass is 9.57. The van der Waals surface area contributed by atoms with Gasteiger partial charge in [0.15, 0.2) is 0 Å². The molecular formula is C15H26N2O2. The zero-order chi connectivity index (χ0) is 13.6. The van der Waals surface area contributed by atoms with Crippen molar-refractivity contribution in [3.63, 3.8) is 0 Å². The first kappa shape index (κ1) is 13.2. The molecule has 0 unspecified atom stereocenters. The van der Waals surface area contributed by atoms with Crippen LogP contribution in [0.4, 0.5) is 4.79 Å². The molecule has 2 amide bonds. The van der Waals surface area contributed by atoms with Crippen molar-refractivity contribution in [2.24, 2.45) is 17.3 Å². The summed E-state index contributed by atoms with van der Waals surface area (Å²) < 4.78 is 5.75. The number of amides is 2. The molecule has 0 aromatic heterocycles. The second kappa shape index (κ2) is 4.65. The van der Waals surface area contributed by atoms with Gasteiger partial charge in [-0.25, -0.2) is 4.79 Å². The Hall–Kier alpha value is -0.770. The highest BCUT2D eigenvalue weighted by Gasteiger charge is 2.59. The summed E-state index contributed by atoms with van der Waals surface area (Å²) in [4.78, 5) is 12.1. The smallest absolute Gasteiger partial charge is 0.315 e. The number of nitrogens with one attached hydrogen (secondary N) is 2. The van der Waals surface area contributed by atoms with Gasteiger partial charge in [0.2, 0.25) is 0 Å². The number of carbonyl (C=O) groups excluding carboxylic acids is 1. The van der Waals surface area contributed by atoms with Crippen LogP contribution in [0.2, 0.25) is 0 Å². The van der Waals surface area contributed by atoms with Gasteiger partial charge in [-0.05, 0) is 25.7 Å². The van der Waals surface area contributed by atoms with Gasteiger partial charge in [0.1, 0.15) is 0 Å². The third-order valence-electron chi connectivity index (χ3n) is 5.15. The first-order chi connectivity index (χ1) is 8.98. The van der Waals surface area contributed by atoms with E-state index in [1.165, 1.54) is 12.8 Å². The average Bonchev–Trinajstić information content (AvgIpc) is 3.01. The molecule has 19 heavy (non-hydrogen) atoms. The molecule has 1 saturated heterocycles. The van der Waals surface area contributed by atoms with E-state index in [9.17, 15) is 4.79 Å². The third-order valence-corrected chi connectivity index (χ3v) is 5.15. The molecule has 4 atom stereocenters. The number of urea groups is 1. The summed E-state index contributed by atoms with van der Waals surface area (Å²) in [5.74, 6) is 1.36. The van der Waals surface area contributed by atoms with Crippen LogP contribution in [0, 0.1) is 17.3 Å². The molecule has 0 aromatic carbocycles. The Kier molecular flexibility index (Phi) is 3.24. The van der Waals surface area contributed by atoms with E-state index >= 15 is 0 Å². The molecule has 0 radical (unpaired) electrons. The summed E-state index contributed by atoms with van der Waals surface area (Å²) in [6.45, 7) is 7.33. The van der Waals surface area contributed by atoms with Crippen molar-refractivity contribution < 1.29 is 9.53 Å². The van der Waals surface area contributed by atoms with E-state index in [1.54, 1.807) is 0 Å². The molecule has 1 heterocycles. The summed E-state index contributed by atoms with van der Waals surface area (Å²) in [7, 11) is 0. The van der Waals surface area contributed by atoms with Crippen LogP contribution in [0.25, 0.3) is 0 Å². The van der Waals surface area contributed by atoms with E-state index < -0.39 is 0 Å². The van der Waals surface area contributed by atoms with Crippen molar-refractivity contribution in [3.05, 3.63) is 0 Å². The Labute approximate surface area is 115 Å². The summed E-state index contributed by atoms with van der Waals surface area (Å²) in [5, 5.41) is 6.25. The fourth-order valence-corrected chi connectivity index (χ4v) is 3.94. The third kappa shape index (κ3) is 2.47. The minimum atomic E-state index is -0.00317. The van der Waals surface area contributed by atoms with Crippen molar-refractivity contribution >= 4 is 6.03 Å². The van der Waals surface area contributed by atoms with Crippen LogP contribution in [-0.4, -0.2) is 30.8 Å². The van der Waals surface area contributed by atoms with Crippen LogP contribution >= 0.6 is 0 Å². The monoisotopic (exact) mass is 266 g/mol. The summed E-state index contributed by atoms with van der Waals surface area (Å²) in [5.41, 5.74) is 0.0677. The number of carbonyl (C=O) groups is 1. The van der Waals surface area contributed by atoms with E-state index in [0.717, 1.165) is 25.4 Å². The van der Waals surface area contributed by atoms with Crippen molar-refractivity contribution in [2.75, 3.05) is 6.61 Å². The topological polar surface area (TPSA) is 50.4 Å². The second-order valence-corrected chi connectivity index (χ2v) is 7.24. The second-order valence-electron chi connectivity index (χ2n) is 7.24. The molecular weight excluding hydrogens is 240 g/mol. The highest BCUT2D eigenvalue weighted by molar-refractivity contribution is 5.75. The minimum absolute atomic E-state index is 0.00317. The van der Waals surface area contributed by atoms with Crippen molar-refractivity contribution in [1.29, 1.82) is 0 Å². The van der Waals surface area contributed by atoms with Crippen LogP contribution in [0.3, 0.4) is 0 Å². The maximum absolute atomic E-state index is 12.1. The van der Waals surface area contributed by atoms with Gasteiger partial charge in [0.05, 0.1) is 6.10 Å². The molecule has 0 spiro atoms. The Morgan fingerprint density at radius 3 is 2.79 bits per heavy atom. The fraction of sp³-hybridized carbons (Fsp3) is 0.933. The van der Waals surface area contributed by atoms with Crippen LogP contribution in [0.1, 0.15) is 46.5 Å². The van der Waals surface area contributed by atoms with E-state index in [4.69, 9.17) is 4.74 Å². The predicted octanol–water partition coefficient (Wildman–Crippen LogP) is 2.29. The van der Waals surface area contributed by atoms with Crippen LogP contribution < -0.4 is 10.6 Å². The molecule has 3 rings (SSSR count). The maximum Gasteiger partial charge on any atom is 0.315 e. The molecule has 3 aliphatic rings. The van der Waals surface area contributed by atoms with Gasteiger partial charge in [0, 0.05) is 30.0 Å². The van der Waals surface area contributed by atoms with Crippen molar-refractivity contribution in [3.8, 4) is 0 Å². The normalized spacial score (nSPS) is 37.1. The molecule has 108 valence electrons. The maximum atomic E-state index is 12.1. The van der Waals surface area contributed by atoms with Gasteiger partial charge < -0.3 is 15.4 Å². The fourth-order valence-electron chi connectivity index (χ4n) is 3.94. The molecule has 4 nitrogen and oxygen atoms in total. The predicted molar refractivity (Wildman–Crippen MR) is 73.9 cm³/mol. The van der Waals surface area contributed by atoms with Crippen LogP contribution in [0.15, 0.2) is 0 Å². The standard InChI is InChI=1S/C15H26N2O2/c1-9(8-10-4-5-10)16-14(18)17-12-11-6-7-19-13(11)15(12,2)3/h9-13H,4-8H2,1-3H3,(H2,16,17,18)/t9-,11+,12-,13+/m1/s1. The molecule has 2 N–H and O–H groups in total. The lowest BCUT2D eigenvalue weighted by molar-refractivity contribution is -0.108. The average molecular weight is 266 g/mol. The first-order valence-corrected chi connectivity index (χ1v) is 7.67. The largest absolute Gasteiger partial charge is 0.377 e. The summed E-state index contributed by atoms with van der Waals surface area (Å²) in [6.07, 6.45) is 5.21. The van der Waals surface area contributed by atoms with E-state index in [0.29, 0.717) is 12.0 Å². The van der Waals surface area contributed by atoms with E-state index in [-0.39, 0.29) is 23.5 Å². The molecule has 2 aliphatic carbocycles. The summed E-state index contributed by atoms with van der Waals surface area (Å²) in [6, 6.07) is 0.538. The quantitative estimate of drug-likeness (QED) is 0.820. The number of hydrogen-bond donors (Lipinski definition) is 2. The molecule has 2 saturated carbocycles. The van der Waals surface area contributed by atoms with Crippen LogP contribution in [0.5, 0.6) is 0 Å². The number of hydrogen-bond acceptors (Lipinski definition) is 2. The van der Waals surface area contributed by atoms with Gasteiger partial charge in [0.25, 0.3) is 0 Å². The van der Waals surface area contributed by atoms with E-state index in [2.05, 4.69) is 31.4 Å². The Morgan fingerprint density at radius 2 is 2.11 bits per heavy atom. The van der Waals surface area contributed by atoms with Crippen molar-refractivity contribution in [1.82, 2.24) is 10.6 Å². The zero-order valence-corrected chi connectivity index (χ0v) is 12.2. The van der Waals surface area contributed by atoms with Gasteiger partial charge in [-0.15, -0.1) is 0 Å². The SMILES string of the molecule is C[C@H](CC1CC1)NC(=O)N[C@@H]1[C@@H]2CCO[C@@H]2C1(C)C. The molecule has 0 bridgehead atoms. The lowest BCUT2D eigenvalue weighted by Crippen LogP contribution is -2.68.